The lowest BCUT2D eigenvalue weighted by atomic mass is 10.1. The Morgan fingerprint density at radius 1 is 1.38 bits per heavy atom. The second-order valence-electron chi connectivity index (χ2n) is 4.34. The third-order valence-electron chi connectivity index (χ3n) is 3.16. The first-order valence-electron chi connectivity index (χ1n) is 5.73. The fraction of sp³-hybridized carbons (Fsp3) is 0.462. The molecule has 0 unspecified atom stereocenters. The second kappa shape index (κ2) is 5.23. The minimum Gasteiger partial charge on any atom is -0.385 e. The molecule has 0 atom stereocenters. The maximum atomic E-state index is 8.76. The number of benzene rings is 1. The van der Waals surface area contributed by atoms with Crippen molar-refractivity contribution in [2.45, 2.75) is 25.7 Å². The Labute approximate surface area is 101 Å². The summed E-state index contributed by atoms with van der Waals surface area (Å²) in [7, 11) is 0. The first kappa shape index (κ1) is 11.3. The average molecular weight is 235 g/mol. The number of halogens is 1. The van der Waals surface area contributed by atoms with Gasteiger partial charge in [-0.1, -0.05) is 24.4 Å². The van der Waals surface area contributed by atoms with Gasteiger partial charge in [-0.05, 0) is 37.0 Å². The van der Waals surface area contributed by atoms with Crippen molar-refractivity contribution in [3.05, 3.63) is 28.8 Å². The fourth-order valence-electron chi connectivity index (χ4n) is 2.19. The van der Waals surface area contributed by atoms with E-state index < -0.39 is 0 Å². The van der Waals surface area contributed by atoms with E-state index >= 15 is 0 Å². The first-order chi connectivity index (χ1) is 7.79. The van der Waals surface area contributed by atoms with Gasteiger partial charge in [-0.2, -0.15) is 5.26 Å². The highest BCUT2D eigenvalue weighted by molar-refractivity contribution is 6.32. The van der Waals surface area contributed by atoms with Crippen LogP contribution in [0.2, 0.25) is 5.02 Å². The van der Waals surface area contributed by atoms with Gasteiger partial charge < -0.3 is 5.32 Å². The molecule has 1 aliphatic rings. The zero-order valence-electron chi connectivity index (χ0n) is 9.17. The molecule has 3 heteroatoms. The van der Waals surface area contributed by atoms with Gasteiger partial charge in [0.05, 0.1) is 10.6 Å². The summed E-state index contributed by atoms with van der Waals surface area (Å²) in [5, 5.41) is 12.7. The van der Waals surface area contributed by atoms with Crippen LogP contribution in [0.4, 0.5) is 5.69 Å². The van der Waals surface area contributed by atoms with Crippen LogP contribution in [0.3, 0.4) is 0 Å². The third kappa shape index (κ3) is 2.68. The fourth-order valence-corrected chi connectivity index (χ4v) is 2.42. The van der Waals surface area contributed by atoms with Gasteiger partial charge in [0.15, 0.2) is 0 Å². The molecule has 84 valence electrons. The predicted molar refractivity (Wildman–Crippen MR) is 66.6 cm³/mol. The average Bonchev–Trinajstić information content (AvgIpc) is 2.79. The Morgan fingerprint density at radius 3 is 2.75 bits per heavy atom. The number of nitrogens with one attached hydrogen (secondary N) is 1. The lowest BCUT2D eigenvalue weighted by Gasteiger charge is -2.12. The van der Waals surface area contributed by atoms with E-state index in [-0.39, 0.29) is 0 Å². The second-order valence-corrected chi connectivity index (χ2v) is 4.75. The Morgan fingerprint density at radius 2 is 2.12 bits per heavy atom. The molecular formula is C13H15ClN2. The molecule has 0 aromatic heterocycles. The number of hydrogen-bond acceptors (Lipinski definition) is 2. The summed E-state index contributed by atoms with van der Waals surface area (Å²) in [6.45, 7) is 1.02. The predicted octanol–water partition coefficient (Wildman–Crippen LogP) is 3.81. The van der Waals surface area contributed by atoms with Gasteiger partial charge in [0.2, 0.25) is 0 Å². The van der Waals surface area contributed by atoms with E-state index in [9.17, 15) is 0 Å². The van der Waals surface area contributed by atoms with Gasteiger partial charge in [0, 0.05) is 12.2 Å². The van der Waals surface area contributed by atoms with Gasteiger partial charge in [-0.3, -0.25) is 0 Å². The van der Waals surface area contributed by atoms with Crippen molar-refractivity contribution in [1.82, 2.24) is 0 Å². The molecule has 1 saturated carbocycles. The molecule has 2 nitrogen and oxygen atoms in total. The molecule has 1 aromatic carbocycles. The van der Waals surface area contributed by atoms with E-state index in [1.807, 2.05) is 12.1 Å². The summed E-state index contributed by atoms with van der Waals surface area (Å²) in [5.74, 6) is 0.800. The summed E-state index contributed by atoms with van der Waals surface area (Å²) in [6.07, 6.45) is 5.38. The van der Waals surface area contributed by atoms with Crippen molar-refractivity contribution < 1.29 is 0 Å². The van der Waals surface area contributed by atoms with Crippen LogP contribution < -0.4 is 5.32 Å². The summed E-state index contributed by atoms with van der Waals surface area (Å²) < 4.78 is 0. The molecule has 1 N–H and O–H groups in total. The molecule has 0 bridgehead atoms. The lowest BCUT2D eigenvalue weighted by Crippen LogP contribution is -2.10. The summed E-state index contributed by atoms with van der Waals surface area (Å²) >= 11 is 5.96. The molecule has 0 spiro atoms. The molecule has 0 amide bonds. The van der Waals surface area contributed by atoms with Crippen molar-refractivity contribution in [2.75, 3.05) is 11.9 Å². The minimum absolute atomic E-state index is 0.527. The van der Waals surface area contributed by atoms with E-state index in [0.717, 1.165) is 18.2 Å². The highest BCUT2D eigenvalue weighted by atomic mass is 35.5. The van der Waals surface area contributed by atoms with Gasteiger partial charge in [0.1, 0.15) is 6.07 Å². The quantitative estimate of drug-likeness (QED) is 0.863. The Kier molecular flexibility index (Phi) is 3.69. The van der Waals surface area contributed by atoms with E-state index in [2.05, 4.69) is 11.4 Å². The number of hydrogen-bond donors (Lipinski definition) is 1. The van der Waals surface area contributed by atoms with Gasteiger partial charge >= 0.3 is 0 Å². The molecule has 1 aliphatic carbocycles. The molecule has 16 heavy (non-hydrogen) atoms. The maximum Gasteiger partial charge on any atom is 0.101 e. The first-order valence-corrected chi connectivity index (χ1v) is 6.11. The molecular weight excluding hydrogens is 220 g/mol. The summed E-state index contributed by atoms with van der Waals surface area (Å²) in [4.78, 5) is 0. The Bertz CT molecular complexity index is 403. The molecule has 0 saturated heterocycles. The third-order valence-corrected chi connectivity index (χ3v) is 3.47. The monoisotopic (exact) mass is 234 g/mol. The van der Waals surface area contributed by atoms with Crippen molar-refractivity contribution in [3.63, 3.8) is 0 Å². The van der Waals surface area contributed by atoms with Crippen molar-refractivity contribution in [2.24, 2.45) is 5.92 Å². The largest absolute Gasteiger partial charge is 0.385 e. The van der Waals surface area contributed by atoms with Gasteiger partial charge in [-0.15, -0.1) is 0 Å². The van der Waals surface area contributed by atoms with Crippen LogP contribution >= 0.6 is 11.6 Å². The Balaban J connectivity index is 1.94. The molecule has 1 fully saturated rings. The van der Waals surface area contributed by atoms with Crippen LogP contribution in [-0.2, 0) is 0 Å². The van der Waals surface area contributed by atoms with Crippen LogP contribution in [0, 0.1) is 17.2 Å². The number of nitrogens with zero attached hydrogens (tertiary/aromatic N) is 1. The van der Waals surface area contributed by atoms with E-state index in [0.29, 0.717) is 10.6 Å². The van der Waals surface area contributed by atoms with Crippen LogP contribution in [0.1, 0.15) is 31.2 Å². The van der Waals surface area contributed by atoms with Crippen molar-refractivity contribution in [1.29, 1.82) is 5.26 Å². The van der Waals surface area contributed by atoms with Crippen LogP contribution in [0.15, 0.2) is 18.2 Å². The van der Waals surface area contributed by atoms with E-state index in [1.54, 1.807) is 6.07 Å². The van der Waals surface area contributed by atoms with Crippen LogP contribution in [-0.4, -0.2) is 6.54 Å². The van der Waals surface area contributed by atoms with Crippen molar-refractivity contribution in [3.8, 4) is 6.07 Å². The molecule has 2 rings (SSSR count). The zero-order chi connectivity index (χ0) is 11.4. The number of rotatable bonds is 3. The smallest absolute Gasteiger partial charge is 0.101 e. The molecule has 0 radical (unpaired) electrons. The van der Waals surface area contributed by atoms with Crippen molar-refractivity contribution >= 4 is 17.3 Å². The standard InChI is InChI=1S/C13H15ClN2/c14-13-7-12(6-5-11(13)8-15)16-9-10-3-1-2-4-10/h5-7,10,16H,1-4,9H2. The number of anilines is 1. The maximum absolute atomic E-state index is 8.76. The molecule has 1 aromatic rings. The summed E-state index contributed by atoms with van der Waals surface area (Å²) in [6, 6.07) is 7.57. The number of nitriles is 1. The topological polar surface area (TPSA) is 35.8 Å². The van der Waals surface area contributed by atoms with Crippen LogP contribution in [0.5, 0.6) is 0 Å². The van der Waals surface area contributed by atoms with E-state index in [1.165, 1.54) is 25.7 Å². The molecule has 0 heterocycles. The van der Waals surface area contributed by atoms with Gasteiger partial charge in [-0.25, -0.2) is 0 Å². The molecule has 0 aliphatic heterocycles. The normalized spacial score (nSPS) is 16.0. The minimum atomic E-state index is 0.527. The van der Waals surface area contributed by atoms with Crippen LogP contribution in [0.25, 0.3) is 0 Å². The van der Waals surface area contributed by atoms with E-state index in [4.69, 9.17) is 16.9 Å². The zero-order valence-corrected chi connectivity index (χ0v) is 9.93. The highest BCUT2D eigenvalue weighted by Gasteiger charge is 2.14. The highest BCUT2D eigenvalue weighted by Crippen LogP contribution is 2.26. The Hall–Kier alpha value is -1.20. The summed E-state index contributed by atoms with van der Waals surface area (Å²) in [5.41, 5.74) is 1.55. The SMILES string of the molecule is N#Cc1ccc(NCC2CCCC2)cc1Cl. The van der Waals surface area contributed by atoms with Gasteiger partial charge in [0.25, 0.3) is 0 Å². The lowest BCUT2D eigenvalue weighted by molar-refractivity contribution is 0.580.